The number of halogens is 1. The number of amides is 1. The Morgan fingerprint density at radius 1 is 0.941 bits per heavy atom. The molecule has 172 valence electrons. The third-order valence-electron chi connectivity index (χ3n) is 5.25. The van der Waals surface area contributed by atoms with Crippen molar-refractivity contribution in [3.8, 4) is 17.2 Å². The van der Waals surface area contributed by atoms with Crippen LogP contribution in [0.2, 0.25) is 5.02 Å². The molecule has 1 N–H and O–H groups in total. The summed E-state index contributed by atoms with van der Waals surface area (Å²) in [6.07, 6.45) is 3.90. The van der Waals surface area contributed by atoms with Gasteiger partial charge in [0.15, 0.2) is 11.5 Å². The van der Waals surface area contributed by atoms with E-state index >= 15 is 0 Å². The van der Waals surface area contributed by atoms with Gasteiger partial charge >= 0.3 is 0 Å². The first-order valence-electron chi connectivity index (χ1n) is 10.7. The van der Waals surface area contributed by atoms with Crippen LogP contribution in [-0.2, 0) is 6.61 Å². The van der Waals surface area contributed by atoms with Gasteiger partial charge in [-0.1, -0.05) is 23.7 Å². The smallest absolute Gasteiger partial charge is 0.271 e. The van der Waals surface area contributed by atoms with Crippen molar-refractivity contribution in [2.75, 3.05) is 7.11 Å². The monoisotopic (exact) mass is 473 g/mol. The number of carbonyl (C=O) groups excluding carboxylic acids is 1. The number of benzene rings is 3. The van der Waals surface area contributed by atoms with Crippen LogP contribution < -0.4 is 14.9 Å². The van der Waals surface area contributed by atoms with Gasteiger partial charge in [0.1, 0.15) is 6.61 Å². The molecule has 0 aliphatic rings. The summed E-state index contributed by atoms with van der Waals surface area (Å²) in [5.74, 6) is 0.905. The summed E-state index contributed by atoms with van der Waals surface area (Å²) in [7, 11) is 1.58. The Kier molecular flexibility index (Phi) is 7.30. The van der Waals surface area contributed by atoms with Crippen LogP contribution in [-0.4, -0.2) is 23.3 Å². The highest BCUT2D eigenvalue weighted by Gasteiger charge is 2.10. The molecule has 4 rings (SSSR count). The molecule has 0 bridgehead atoms. The molecular formula is C27H24ClN3O3. The molecule has 0 spiro atoms. The Hall–Kier alpha value is -4.03. The van der Waals surface area contributed by atoms with Gasteiger partial charge < -0.3 is 14.0 Å². The lowest BCUT2D eigenvalue weighted by Gasteiger charge is -2.12. The molecule has 0 atom stereocenters. The van der Waals surface area contributed by atoms with Crippen molar-refractivity contribution in [3.63, 3.8) is 0 Å². The molecule has 34 heavy (non-hydrogen) atoms. The molecule has 0 unspecified atom stereocenters. The highest BCUT2D eigenvalue weighted by molar-refractivity contribution is 6.30. The van der Waals surface area contributed by atoms with Crippen LogP contribution in [0.25, 0.3) is 5.69 Å². The van der Waals surface area contributed by atoms with Gasteiger partial charge in [0.25, 0.3) is 5.91 Å². The molecular weight excluding hydrogens is 450 g/mol. The second-order valence-corrected chi connectivity index (χ2v) is 7.99. The molecule has 1 heterocycles. The van der Waals surface area contributed by atoms with E-state index < -0.39 is 0 Å². The highest BCUT2D eigenvalue weighted by Crippen LogP contribution is 2.29. The number of ether oxygens (including phenoxy) is 2. The zero-order chi connectivity index (χ0) is 23.9. The van der Waals surface area contributed by atoms with Crippen LogP contribution >= 0.6 is 11.6 Å². The fraction of sp³-hybridized carbons (Fsp3) is 0.111. The van der Waals surface area contributed by atoms with Crippen molar-refractivity contribution in [2.24, 2.45) is 5.10 Å². The summed E-state index contributed by atoms with van der Waals surface area (Å²) < 4.78 is 13.4. The molecule has 1 aromatic heterocycles. The van der Waals surface area contributed by atoms with Gasteiger partial charge in [0.2, 0.25) is 0 Å². The fourth-order valence-corrected chi connectivity index (χ4v) is 3.43. The number of hydrogen-bond acceptors (Lipinski definition) is 4. The Labute approximate surface area is 203 Å². The lowest BCUT2D eigenvalue weighted by molar-refractivity contribution is 0.0955. The first-order valence-corrected chi connectivity index (χ1v) is 11.0. The normalized spacial score (nSPS) is 11.2. The second-order valence-electron chi connectivity index (χ2n) is 7.56. The largest absolute Gasteiger partial charge is 0.493 e. The Bertz CT molecular complexity index is 1280. The van der Waals surface area contributed by atoms with E-state index in [9.17, 15) is 4.79 Å². The minimum absolute atomic E-state index is 0.284. The van der Waals surface area contributed by atoms with Gasteiger partial charge in [-0.05, 0) is 79.2 Å². The lowest BCUT2D eigenvalue weighted by Crippen LogP contribution is -2.19. The summed E-state index contributed by atoms with van der Waals surface area (Å²) >= 11 is 5.93. The molecule has 7 heteroatoms. The van der Waals surface area contributed by atoms with E-state index in [2.05, 4.69) is 10.5 Å². The van der Waals surface area contributed by atoms with Crippen molar-refractivity contribution in [2.45, 2.75) is 13.5 Å². The topological polar surface area (TPSA) is 64.8 Å². The highest BCUT2D eigenvalue weighted by atomic mass is 35.5. The summed E-state index contributed by atoms with van der Waals surface area (Å²) in [6, 6.07) is 24.2. The van der Waals surface area contributed by atoms with Crippen LogP contribution in [0.4, 0.5) is 0 Å². The van der Waals surface area contributed by atoms with Gasteiger partial charge in [-0.15, -0.1) is 0 Å². The van der Waals surface area contributed by atoms with Crippen molar-refractivity contribution in [1.29, 1.82) is 0 Å². The van der Waals surface area contributed by atoms with Crippen molar-refractivity contribution < 1.29 is 14.3 Å². The number of methoxy groups -OCH3 is 1. The SMILES string of the molecule is COc1cc(/C(C)=N/NC(=O)c2ccc(-n3cccc3)cc2)ccc1OCc1ccc(Cl)cc1. The summed E-state index contributed by atoms with van der Waals surface area (Å²) in [5, 5.41) is 4.93. The number of nitrogens with one attached hydrogen (secondary N) is 1. The zero-order valence-electron chi connectivity index (χ0n) is 18.9. The van der Waals surface area contributed by atoms with E-state index in [1.54, 1.807) is 19.2 Å². The van der Waals surface area contributed by atoms with Gasteiger partial charge in [-0.25, -0.2) is 5.43 Å². The van der Waals surface area contributed by atoms with Gasteiger partial charge in [-0.3, -0.25) is 4.79 Å². The fourth-order valence-electron chi connectivity index (χ4n) is 3.31. The van der Waals surface area contributed by atoms with E-state index in [0.29, 0.717) is 34.4 Å². The predicted molar refractivity (Wildman–Crippen MR) is 134 cm³/mol. The number of rotatable bonds is 8. The van der Waals surface area contributed by atoms with Crippen molar-refractivity contribution in [3.05, 3.63) is 113 Å². The van der Waals surface area contributed by atoms with Crippen LogP contribution in [0.1, 0.15) is 28.4 Å². The molecule has 0 radical (unpaired) electrons. The van der Waals surface area contributed by atoms with Crippen LogP contribution in [0.3, 0.4) is 0 Å². The maximum atomic E-state index is 12.5. The van der Waals surface area contributed by atoms with Crippen molar-refractivity contribution >= 4 is 23.2 Å². The minimum Gasteiger partial charge on any atom is -0.493 e. The molecule has 6 nitrogen and oxygen atoms in total. The zero-order valence-corrected chi connectivity index (χ0v) is 19.6. The first kappa shape index (κ1) is 23.1. The number of nitrogens with zero attached hydrogens (tertiary/aromatic N) is 2. The van der Waals surface area contributed by atoms with Gasteiger partial charge in [0, 0.05) is 34.2 Å². The maximum Gasteiger partial charge on any atom is 0.271 e. The molecule has 0 aliphatic heterocycles. The van der Waals surface area contributed by atoms with Gasteiger partial charge in [-0.2, -0.15) is 5.10 Å². The summed E-state index contributed by atoms with van der Waals surface area (Å²) in [6.45, 7) is 2.21. The second kappa shape index (κ2) is 10.7. The standard InChI is InChI=1S/C27H24ClN3O3/c1-19(29-30-27(32)21-7-12-24(13-8-21)31-15-3-4-16-31)22-9-14-25(26(17-22)33-2)34-18-20-5-10-23(28)11-6-20/h3-17H,18H2,1-2H3,(H,30,32)/b29-19+. The number of hydrogen-bond donors (Lipinski definition) is 1. The first-order chi connectivity index (χ1) is 16.5. The minimum atomic E-state index is -0.284. The van der Waals surface area contributed by atoms with E-state index in [0.717, 1.165) is 16.8 Å². The lowest BCUT2D eigenvalue weighted by atomic mass is 10.1. The Balaban J connectivity index is 1.40. The molecule has 0 aliphatic carbocycles. The number of aromatic nitrogens is 1. The number of carbonyl (C=O) groups is 1. The summed E-state index contributed by atoms with van der Waals surface area (Å²) in [4.78, 5) is 12.5. The van der Waals surface area contributed by atoms with Crippen LogP contribution in [0.15, 0.2) is 96.4 Å². The maximum absolute atomic E-state index is 12.5. The van der Waals surface area contributed by atoms with E-state index in [1.165, 1.54) is 0 Å². The third-order valence-corrected chi connectivity index (χ3v) is 5.50. The van der Waals surface area contributed by atoms with E-state index in [4.69, 9.17) is 21.1 Å². The van der Waals surface area contributed by atoms with E-state index in [-0.39, 0.29) is 5.91 Å². The van der Waals surface area contributed by atoms with E-state index in [1.807, 2.05) is 90.6 Å². The Morgan fingerprint density at radius 3 is 2.29 bits per heavy atom. The van der Waals surface area contributed by atoms with Crippen LogP contribution in [0.5, 0.6) is 11.5 Å². The molecule has 0 saturated heterocycles. The average molecular weight is 474 g/mol. The number of hydrazone groups is 1. The third kappa shape index (κ3) is 5.66. The Morgan fingerprint density at radius 2 is 1.62 bits per heavy atom. The molecule has 0 fully saturated rings. The molecule has 4 aromatic rings. The molecule has 0 saturated carbocycles. The van der Waals surface area contributed by atoms with Gasteiger partial charge in [0.05, 0.1) is 12.8 Å². The molecule has 1 amide bonds. The summed E-state index contributed by atoms with van der Waals surface area (Å²) in [5.41, 5.74) is 6.56. The van der Waals surface area contributed by atoms with Crippen LogP contribution in [0, 0.1) is 0 Å². The molecule has 3 aromatic carbocycles. The predicted octanol–water partition coefficient (Wildman–Crippen LogP) is 5.87. The van der Waals surface area contributed by atoms with Crippen molar-refractivity contribution in [1.82, 2.24) is 9.99 Å². The quantitative estimate of drug-likeness (QED) is 0.257. The average Bonchev–Trinajstić information content (AvgIpc) is 3.42.